The fraction of sp³-hybridized carbons (Fsp3) is 0.500. The number of ether oxygens (including phenoxy) is 1. The van der Waals surface area contributed by atoms with Crippen molar-refractivity contribution in [3.63, 3.8) is 0 Å². The van der Waals surface area contributed by atoms with Gasteiger partial charge in [-0.05, 0) is 6.42 Å². The zero-order valence-corrected chi connectivity index (χ0v) is 12.2. The maximum absolute atomic E-state index is 11.8. The molecule has 0 aliphatic rings. The van der Waals surface area contributed by atoms with Crippen molar-refractivity contribution >= 4 is 17.2 Å². The zero-order valence-electron chi connectivity index (χ0n) is 11.4. The molecule has 2 aromatic rings. The number of methoxy groups -OCH3 is 1. The first kappa shape index (κ1) is 14.6. The minimum atomic E-state index is -0.201. The van der Waals surface area contributed by atoms with Gasteiger partial charge in [-0.3, -0.25) is 4.79 Å². The Morgan fingerprint density at radius 2 is 2.35 bits per heavy atom. The third-order valence-electron chi connectivity index (χ3n) is 2.51. The molecular weight excluding hydrogens is 280 g/mol. The smallest absolute Gasteiger partial charge is 0.280 e. The Hall–Kier alpha value is -1.80. The lowest BCUT2D eigenvalue weighted by Crippen LogP contribution is -2.25. The first-order chi connectivity index (χ1) is 9.74. The van der Waals surface area contributed by atoms with Crippen LogP contribution in [-0.2, 0) is 11.2 Å². The Morgan fingerprint density at radius 3 is 3.05 bits per heavy atom. The summed E-state index contributed by atoms with van der Waals surface area (Å²) in [5, 5.41) is 8.69. The van der Waals surface area contributed by atoms with Gasteiger partial charge >= 0.3 is 0 Å². The van der Waals surface area contributed by atoms with E-state index in [2.05, 4.69) is 20.4 Å². The van der Waals surface area contributed by atoms with Gasteiger partial charge in [0.2, 0.25) is 0 Å². The van der Waals surface area contributed by atoms with Gasteiger partial charge in [0.1, 0.15) is 5.69 Å². The monoisotopic (exact) mass is 296 g/mol. The van der Waals surface area contributed by atoms with Crippen LogP contribution in [0.25, 0.3) is 11.6 Å². The lowest BCUT2D eigenvalue weighted by molar-refractivity contribution is 0.0948. The van der Waals surface area contributed by atoms with Crippen molar-refractivity contribution in [1.29, 1.82) is 0 Å². The van der Waals surface area contributed by atoms with E-state index in [9.17, 15) is 4.79 Å². The number of aryl methyl sites for hydroxylation is 1. The third kappa shape index (κ3) is 3.61. The summed E-state index contributed by atoms with van der Waals surface area (Å²) in [6.07, 6.45) is 1.46. The van der Waals surface area contributed by atoms with Gasteiger partial charge in [0.25, 0.3) is 11.8 Å². The van der Waals surface area contributed by atoms with Crippen LogP contribution < -0.4 is 5.32 Å². The van der Waals surface area contributed by atoms with Crippen molar-refractivity contribution in [2.24, 2.45) is 0 Å². The highest BCUT2D eigenvalue weighted by atomic mass is 32.1. The van der Waals surface area contributed by atoms with E-state index in [-0.39, 0.29) is 5.91 Å². The standard InChI is InChI=1S/C12H16N4O3S/c1-3-9-15-11(19-16-9)8-7-20-12(14-8)10(17)13-5-4-6-18-2/h7H,3-6H2,1-2H3,(H,13,17). The second kappa shape index (κ2) is 7.11. The molecule has 0 aliphatic carbocycles. The highest BCUT2D eigenvalue weighted by Gasteiger charge is 2.15. The minimum Gasteiger partial charge on any atom is -0.385 e. The molecule has 0 saturated carbocycles. The molecule has 0 spiro atoms. The van der Waals surface area contributed by atoms with E-state index in [1.807, 2.05) is 6.92 Å². The van der Waals surface area contributed by atoms with E-state index >= 15 is 0 Å². The van der Waals surface area contributed by atoms with Crippen LogP contribution >= 0.6 is 11.3 Å². The summed E-state index contributed by atoms with van der Waals surface area (Å²) >= 11 is 1.25. The molecule has 1 amide bonds. The largest absolute Gasteiger partial charge is 0.385 e. The molecule has 2 heterocycles. The molecule has 108 valence electrons. The van der Waals surface area contributed by atoms with Crippen molar-refractivity contribution < 1.29 is 14.1 Å². The number of rotatable bonds is 7. The van der Waals surface area contributed by atoms with Crippen LogP contribution in [0.2, 0.25) is 0 Å². The summed E-state index contributed by atoms with van der Waals surface area (Å²) in [4.78, 5) is 20.2. The Labute approximate surface area is 120 Å². The Kier molecular flexibility index (Phi) is 5.19. The number of aromatic nitrogens is 3. The Bertz CT molecular complexity index is 567. The van der Waals surface area contributed by atoms with Gasteiger partial charge in [-0.25, -0.2) is 4.98 Å². The number of carbonyl (C=O) groups excluding carboxylic acids is 1. The summed E-state index contributed by atoms with van der Waals surface area (Å²) in [6.45, 7) is 3.11. The molecule has 0 unspecified atom stereocenters. The maximum Gasteiger partial charge on any atom is 0.280 e. The third-order valence-corrected chi connectivity index (χ3v) is 3.35. The van der Waals surface area contributed by atoms with Gasteiger partial charge in [0.05, 0.1) is 0 Å². The van der Waals surface area contributed by atoms with Crippen molar-refractivity contribution in [3.05, 3.63) is 16.2 Å². The van der Waals surface area contributed by atoms with E-state index in [0.717, 1.165) is 6.42 Å². The van der Waals surface area contributed by atoms with Crippen molar-refractivity contribution in [2.75, 3.05) is 20.3 Å². The zero-order chi connectivity index (χ0) is 14.4. The van der Waals surface area contributed by atoms with Crippen LogP contribution in [0.3, 0.4) is 0 Å². The fourth-order valence-electron chi connectivity index (χ4n) is 1.47. The van der Waals surface area contributed by atoms with Gasteiger partial charge < -0.3 is 14.6 Å². The number of amides is 1. The molecule has 0 radical (unpaired) electrons. The van der Waals surface area contributed by atoms with Crippen LogP contribution in [0.4, 0.5) is 0 Å². The van der Waals surface area contributed by atoms with Crippen molar-refractivity contribution in [3.8, 4) is 11.6 Å². The molecule has 0 bridgehead atoms. The maximum atomic E-state index is 11.8. The molecule has 1 N–H and O–H groups in total. The number of nitrogens with zero attached hydrogens (tertiary/aromatic N) is 3. The van der Waals surface area contributed by atoms with Gasteiger partial charge in [-0.1, -0.05) is 12.1 Å². The number of carbonyl (C=O) groups is 1. The SMILES string of the molecule is CCc1noc(-c2csc(C(=O)NCCCOC)n2)n1. The van der Waals surface area contributed by atoms with E-state index in [4.69, 9.17) is 9.26 Å². The first-order valence-electron chi connectivity index (χ1n) is 6.30. The Balaban J connectivity index is 1.96. The van der Waals surface area contributed by atoms with Gasteiger partial charge in [0, 0.05) is 32.1 Å². The molecule has 20 heavy (non-hydrogen) atoms. The van der Waals surface area contributed by atoms with E-state index in [1.54, 1.807) is 12.5 Å². The highest BCUT2D eigenvalue weighted by Crippen LogP contribution is 2.20. The molecule has 0 aromatic carbocycles. The molecule has 0 saturated heterocycles. The van der Waals surface area contributed by atoms with Crippen LogP contribution in [0, 0.1) is 0 Å². The second-order valence-corrected chi connectivity index (χ2v) is 4.87. The summed E-state index contributed by atoms with van der Waals surface area (Å²) in [5.74, 6) is 0.766. The lowest BCUT2D eigenvalue weighted by atomic mass is 10.4. The van der Waals surface area contributed by atoms with Crippen LogP contribution in [-0.4, -0.2) is 41.3 Å². The molecule has 0 fully saturated rings. The fourth-order valence-corrected chi connectivity index (χ4v) is 2.18. The van der Waals surface area contributed by atoms with Gasteiger partial charge in [-0.15, -0.1) is 11.3 Å². The van der Waals surface area contributed by atoms with E-state index in [0.29, 0.717) is 42.0 Å². The molecule has 2 aromatic heterocycles. The summed E-state index contributed by atoms with van der Waals surface area (Å²) in [7, 11) is 1.63. The number of hydrogen-bond donors (Lipinski definition) is 1. The summed E-state index contributed by atoms with van der Waals surface area (Å²) in [6, 6.07) is 0. The molecule has 7 nitrogen and oxygen atoms in total. The predicted molar refractivity (Wildman–Crippen MR) is 73.6 cm³/mol. The molecular formula is C12H16N4O3S. The average Bonchev–Trinajstić information content (AvgIpc) is 3.11. The highest BCUT2D eigenvalue weighted by molar-refractivity contribution is 7.12. The van der Waals surface area contributed by atoms with Crippen LogP contribution in [0.15, 0.2) is 9.90 Å². The van der Waals surface area contributed by atoms with E-state index in [1.165, 1.54) is 11.3 Å². The number of thiazole rings is 1. The van der Waals surface area contributed by atoms with Crippen LogP contribution in [0.1, 0.15) is 29.0 Å². The molecule has 0 aliphatic heterocycles. The normalized spacial score (nSPS) is 10.7. The van der Waals surface area contributed by atoms with Crippen LogP contribution in [0.5, 0.6) is 0 Å². The molecule has 0 atom stereocenters. The number of nitrogens with one attached hydrogen (secondary N) is 1. The van der Waals surface area contributed by atoms with Gasteiger partial charge in [-0.2, -0.15) is 4.98 Å². The summed E-state index contributed by atoms with van der Waals surface area (Å²) in [5.41, 5.74) is 0.532. The average molecular weight is 296 g/mol. The van der Waals surface area contributed by atoms with Gasteiger partial charge in [0.15, 0.2) is 10.8 Å². The quantitative estimate of drug-likeness (QED) is 0.779. The van der Waals surface area contributed by atoms with Crippen molar-refractivity contribution in [1.82, 2.24) is 20.4 Å². The topological polar surface area (TPSA) is 90.1 Å². The lowest BCUT2D eigenvalue weighted by Gasteiger charge is -2.01. The summed E-state index contributed by atoms with van der Waals surface area (Å²) < 4.78 is 9.99. The predicted octanol–water partition coefficient (Wildman–Crippen LogP) is 1.52. The number of hydrogen-bond acceptors (Lipinski definition) is 7. The Morgan fingerprint density at radius 1 is 1.50 bits per heavy atom. The molecule has 2 rings (SSSR count). The minimum absolute atomic E-state index is 0.201. The van der Waals surface area contributed by atoms with Crippen molar-refractivity contribution in [2.45, 2.75) is 19.8 Å². The second-order valence-electron chi connectivity index (χ2n) is 4.01. The first-order valence-corrected chi connectivity index (χ1v) is 7.18. The molecule has 8 heteroatoms. The van der Waals surface area contributed by atoms with E-state index < -0.39 is 0 Å².